The van der Waals surface area contributed by atoms with Crippen LogP contribution in [0.1, 0.15) is 0 Å². The fraction of sp³-hybridized carbons (Fsp3) is 0.231. The predicted molar refractivity (Wildman–Crippen MR) is 66.1 cm³/mol. The van der Waals surface area contributed by atoms with Gasteiger partial charge in [0.15, 0.2) is 0 Å². The standard InChI is InChI=1S/2C5H5N.3CH3.2ClH.Pt/c2*1-2-4-6-5-3-1;;;;;;/h2*1-5H;3*1H3;2*1H;/q;;;;;;;+2/p-2. The third kappa shape index (κ3) is 24.7. The molecule has 0 bridgehead atoms. The summed E-state index contributed by atoms with van der Waals surface area (Å²) in [5.41, 5.74) is 0. The Morgan fingerprint density at radius 2 is 0.778 bits per heavy atom. The van der Waals surface area contributed by atoms with Gasteiger partial charge in [-0.1, -0.05) is 12.1 Å². The number of halogens is 2. The zero-order valence-electron chi connectivity index (χ0n) is 10.7. The van der Waals surface area contributed by atoms with Crippen LogP contribution in [0.15, 0.2) is 61.2 Å². The first-order valence-corrected chi connectivity index (χ1v) is 11.5. The smallest absolute Gasteiger partial charge is 0.0267 e. The summed E-state index contributed by atoms with van der Waals surface area (Å²) in [6.45, 7) is 0. The van der Waals surface area contributed by atoms with Crippen LogP contribution in [0.3, 0.4) is 0 Å². The molecule has 0 aromatic carbocycles. The van der Waals surface area contributed by atoms with Gasteiger partial charge in [0.25, 0.3) is 0 Å². The summed E-state index contributed by atoms with van der Waals surface area (Å²) in [6.07, 6.45) is 7.00. The monoisotopic (exact) mass is 468 g/mol. The van der Waals surface area contributed by atoms with Crippen LogP contribution in [0.4, 0.5) is 0 Å². The average molecular weight is 469 g/mol. The van der Waals surface area contributed by atoms with E-state index >= 15 is 0 Å². The van der Waals surface area contributed by atoms with Crippen LogP contribution in [0.2, 0.25) is 15.9 Å². The van der Waals surface area contributed by atoms with Crippen molar-refractivity contribution in [2.75, 3.05) is 0 Å². The minimum Gasteiger partial charge on any atom is -1.00 e. The van der Waals surface area contributed by atoms with Crippen LogP contribution < -0.4 is 24.8 Å². The van der Waals surface area contributed by atoms with Crippen molar-refractivity contribution in [3.8, 4) is 0 Å². The molecule has 0 saturated carbocycles. The van der Waals surface area contributed by atoms with Crippen molar-refractivity contribution in [2.24, 2.45) is 0 Å². The van der Waals surface area contributed by atoms with Crippen LogP contribution >= 0.6 is 0 Å². The zero-order valence-corrected chi connectivity index (χ0v) is 14.5. The van der Waals surface area contributed by atoms with Crippen molar-refractivity contribution in [1.82, 2.24) is 9.97 Å². The Hall–Kier alpha value is -0.432. The Kier molecular flexibility index (Phi) is 23.9. The minimum atomic E-state index is -0.269. The second-order valence-electron chi connectivity index (χ2n) is 3.00. The van der Waals surface area contributed by atoms with Crippen molar-refractivity contribution in [2.45, 2.75) is 15.9 Å². The number of nitrogens with zero attached hydrogens (tertiary/aromatic N) is 2. The second-order valence-corrected chi connectivity index (χ2v) is 9.81. The maximum absolute atomic E-state index is 3.78. The van der Waals surface area contributed by atoms with E-state index in [-0.39, 0.29) is 42.1 Å². The molecule has 2 rings (SSSR count). The van der Waals surface area contributed by atoms with E-state index in [9.17, 15) is 0 Å². The first-order chi connectivity index (χ1) is 7.73. The normalized spacial score (nSPS) is 7.83. The van der Waals surface area contributed by atoms with E-state index in [2.05, 4.69) is 25.9 Å². The molecule has 0 radical (unpaired) electrons. The van der Waals surface area contributed by atoms with Crippen LogP contribution in [0.5, 0.6) is 0 Å². The summed E-state index contributed by atoms with van der Waals surface area (Å²) in [6, 6.07) is 11.4. The summed E-state index contributed by atoms with van der Waals surface area (Å²) in [5.74, 6) is 0. The van der Waals surface area contributed by atoms with E-state index in [0.717, 1.165) is 0 Å². The van der Waals surface area contributed by atoms with Gasteiger partial charge < -0.3 is 24.8 Å². The molecule has 0 aliphatic heterocycles. The average Bonchev–Trinajstić information content (AvgIpc) is 2.34. The summed E-state index contributed by atoms with van der Waals surface area (Å²) in [7, 11) is 0. The van der Waals surface area contributed by atoms with E-state index in [1.165, 1.54) is 0 Å². The summed E-state index contributed by atoms with van der Waals surface area (Å²) >= 11 is -0.269. The van der Waals surface area contributed by atoms with Gasteiger partial charge in [0, 0.05) is 24.8 Å². The van der Waals surface area contributed by atoms with E-state index < -0.39 is 0 Å². The van der Waals surface area contributed by atoms with Crippen LogP contribution in [0.25, 0.3) is 0 Å². The maximum Gasteiger partial charge on any atom is 0.0267 e. The molecule has 0 N–H and O–H groups in total. The van der Waals surface area contributed by atoms with Gasteiger partial charge in [-0.05, 0) is 24.3 Å². The summed E-state index contributed by atoms with van der Waals surface area (Å²) in [4.78, 5) is 7.57. The van der Waals surface area contributed by atoms with Crippen molar-refractivity contribution in [1.29, 1.82) is 0 Å². The molecule has 0 unspecified atom stereocenters. The molecule has 0 spiro atoms. The van der Waals surface area contributed by atoms with E-state index in [4.69, 9.17) is 0 Å². The topological polar surface area (TPSA) is 25.8 Å². The molecule has 2 heterocycles. The summed E-state index contributed by atoms with van der Waals surface area (Å²) in [5, 5.41) is 6.97. The number of rotatable bonds is 0. The van der Waals surface area contributed by atoms with Gasteiger partial charge in [-0.15, -0.1) is 0 Å². The summed E-state index contributed by atoms with van der Waals surface area (Å²) < 4.78 is 0. The molecule has 0 aliphatic carbocycles. The van der Waals surface area contributed by atoms with Crippen molar-refractivity contribution in [3.05, 3.63) is 61.2 Å². The van der Waals surface area contributed by atoms with Gasteiger partial charge in [0.2, 0.25) is 0 Å². The molecule has 105 valence electrons. The number of aromatic nitrogens is 2. The number of pyridine rings is 2. The third-order valence-electron chi connectivity index (χ3n) is 1.13. The zero-order chi connectivity index (χ0) is 12.1. The fourth-order valence-electron chi connectivity index (χ4n) is 0.625. The SMILES string of the molecule is [CH3][Pt+2]([CH3])[CH3].[Cl-].[Cl-].c1ccncc1.c1ccncc1. The first kappa shape index (κ1) is 22.7. The van der Waals surface area contributed by atoms with Gasteiger partial charge in [0.05, 0.1) is 0 Å². The fourth-order valence-corrected chi connectivity index (χ4v) is 0.625. The molecule has 2 aromatic heterocycles. The number of hydrogen-bond donors (Lipinski definition) is 0. The first-order valence-electron chi connectivity index (χ1n) is 4.65. The second kappa shape index (κ2) is 18.9. The van der Waals surface area contributed by atoms with Gasteiger partial charge in [-0.3, -0.25) is 9.97 Å². The van der Waals surface area contributed by atoms with Crippen LogP contribution in [-0.4, -0.2) is 9.97 Å². The third-order valence-corrected chi connectivity index (χ3v) is 1.13. The molecule has 2 aromatic rings. The number of hydrogen-bond acceptors (Lipinski definition) is 2. The van der Waals surface area contributed by atoms with Crippen molar-refractivity contribution >= 4 is 0 Å². The van der Waals surface area contributed by atoms with Crippen LogP contribution in [-0.2, 0) is 17.3 Å². The molecule has 0 amide bonds. The van der Waals surface area contributed by atoms with Crippen LogP contribution in [0, 0.1) is 0 Å². The molecule has 0 aliphatic rings. The molecule has 0 fully saturated rings. The maximum atomic E-state index is 3.78. The Morgan fingerprint density at radius 3 is 0.833 bits per heavy atom. The van der Waals surface area contributed by atoms with Gasteiger partial charge in [0.1, 0.15) is 0 Å². The largest absolute Gasteiger partial charge is 1.00 e. The molecular formula is C13H19Cl2N2Pt. The molecule has 0 saturated heterocycles. The van der Waals surface area contributed by atoms with Gasteiger partial charge in [-0.2, -0.15) is 0 Å². The quantitative estimate of drug-likeness (QED) is 0.443. The Labute approximate surface area is 129 Å². The molecular weight excluding hydrogens is 450 g/mol. The van der Waals surface area contributed by atoms with Gasteiger partial charge >= 0.3 is 33.3 Å². The van der Waals surface area contributed by atoms with E-state index in [1.54, 1.807) is 24.8 Å². The Morgan fingerprint density at radius 1 is 0.556 bits per heavy atom. The molecule has 18 heavy (non-hydrogen) atoms. The minimum absolute atomic E-state index is 0. The Balaban J connectivity index is -0.000000182. The molecule has 5 heteroatoms. The predicted octanol–water partition coefficient (Wildman–Crippen LogP) is -2.08. The molecule has 2 nitrogen and oxygen atoms in total. The Bertz CT molecular complexity index is 233. The van der Waals surface area contributed by atoms with E-state index in [1.807, 2.05) is 36.4 Å². The van der Waals surface area contributed by atoms with E-state index in [0.29, 0.717) is 0 Å². The van der Waals surface area contributed by atoms with Gasteiger partial charge in [-0.25, -0.2) is 0 Å². The van der Waals surface area contributed by atoms with Crippen molar-refractivity contribution in [3.63, 3.8) is 0 Å². The van der Waals surface area contributed by atoms with Crippen molar-refractivity contribution < 1.29 is 42.1 Å². The molecule has 0 atom stereocenters.